The van der Waals surface area contributed by atoms with Crippen molar-refractivity contribution in [1.29, 1.82) is 0 Å². The van der Waals surface area contributed by atoms with Crippen molar-refractivity contribution in [3.8, 4) is 0 Å². The van der Waals surface area contributed by atoms with Gasteiger partial charge in [0.2, 0.25) is 0 Å². The summed E-state index contributed by atoms with van der Waals surface area (Å²) in [4.78, 5) is 19.6. The van der Waals surface area contributed by atoms with Crippen LogP contribution in [0.3, 0.4) is 0 Å². The number of hydrogen-bond donors (Lipinski definition) is 0. The van der Waals surface area contributed by atoms with Crippen LogP contribution < -0.4 is 0 Å². The van der Waals surface area contributed by atoms with Gasteiger partial charge in [-0.25, -0.2) is 4.98 Å². The van der Waals surface area contributed by atoms with Crippen LogP contribution in [-0.4, -0.2) is 28.8 Å². The summed E-state index contributed by atoms with van der Waals surface area (Å²) in [6, 6.07) is 16.6. The Kier molecular flexibility index (Phi) is 7.22. The Labute approximate surface area is 177 Å². The average molecular weight is 415 g/mol. The van der Waals surface area contributed by atoms with E-state index in [1.807, 2.05) is 25.1 Å². The molecule has 1 aliphatic heterocycles. The number of ketones is 1. The lowest BCUT2D eigenvalue weighted by Gasteiger charge is -2.32. The van der Waals surface area contributed by atoms with Gasteiger partial charge in [0.05, 0.1) is 15.2 Å². The van der Waals surface area contributed by atoms with Gasteiger partial charge < -0.3 is 0 Å². The zero-order valence-electron chi connectivity index (χ0n) is 16.3. The van der Waals surface area contributed by atoms with Crippen molar-refractivity contribution in [3.05, 3.63) is 64.7 Å². The first kappa shape index (κ1) is 21.0. The minimum Gasteiger partial charge on any atom is -0.299 e. The molecule has 1 aromatic heterocycles. The molecule has 0 amide bonds. The quantitative estimate of drug-likeness (QED) is 0.470. The molecule has 1 fully saturated rings. The Bertz CT molecular complexity index is 917. The van der Waals surface area contributed by atoms with Gasteiger partial charge in [0.15, 0.2) is 5.78 Å². The standard InChI is InChI=1S/C23H26N2OS.ClH/c1-17-24-21-9-8-20(15-23(21)27-17)22(26)10-7-18-11-13-25(14-12-18)16-19-5-3-2-4-6-19;/h2-6,8-9,15,18H,7,10-14,16H2,1H3;1H. The number of fused-ring (bicyclic) bond motifs is 1. The predicted molar refractivity (Wildman–Crippen MR) is 120 cm³/mol. The molecule has 0 bridgehead atoms. The van der Waals surface area contributed by atoms with Gasteiger partial charge in [-0.05, 0) is 69.0 Å². The van der Waals surface area contributed by atoms with Crippen LogP contribution in [0, 0.1) is 12.8 Å². The highest BCUT2D eigenvalue weighted by Gasteiger charge is 2.20. The summed E-state index contributed by atoms with van der Waals surface area (Å²) in [5.74, 6) is 0.949. The number of aryl methyl sites for hydroxylation is 1. The van der Waals surface area contributed by atoms with E-state index in [0.29, 0.717) is 12.3 Å². The summed E-state index contributed by atoms with van der Waals surface area (Å²) in [5, 5.41) is 1.05. The van der Waals surface area contributed by atoms with Crippen molar-refractivity contribution in [3.63, 3.8) is 0 Å². The van der Waals surface area contributed by atoms with E-state index in [1.165, 1.54) is 18.4 Å². The van der Waals surface area contributed by atoms with E-state index in [1.54, 1.807) is 11.3 Å². The van der Waals surface area contributed by atoms with Crippen molar-refractivity contribution in [1.82, 2.24) is 9.88 Å². The number of thiazole rings is 1. The molecule has 2 heterocycles. The maximum Gasteiger partial charge on any atom is 0.162 e. The van der Waals surface area contributed by atoms with E-state index in [2.05, 4.69) is 40.2 Å². The van der Waals surface area contributed by atoms with Gasteiger partial charge in [0.25, 0.3) is 0 Å². The lowest BCUT2D eigenvalue weighted by Crippen LogP contribution is -2.33. The Morgan fingerprint density at radius 1 is 1.14 bits per heavy atom. The first-order valence-electron chi connectivity index (χ1n) is 9.84. The molecule has 4 rings (SSSR count). The molecule has 0 saturated carbocycles. The van der Waals surface area contributed by atoms with Crippen molar-refractivity contribution < 1.29 is 4.79 Å². The fraction of sp³-hybridized carbons (Fsp3) is 0.391. The Morgan fingerprint density at radius 3 is 2.64 bits per heavy atom. The van der Waals surface area contributed by atoms with Crippen LogP contribution in [-0.2, 0) is 6.54 Å². The molecule has 3 aromatic rings. The largest absolute Gasteiger partial charge is 0.299 e. The molecule has 0 spiro atoms. The Balaban J connectivity index is 0.00000225. The van der Waals surface area contributed by atoms with Gasteiger partial charge in [0.1, 0.15) is 0 Å². The van der Waals surface area contributed by atoms with Crippen molar-refractivity contribution in [2.45, 2.75) is 39.2 Å². The van der Waals surface area contributed by atoms with E-state index in [9.17, 15) is 4.79 Å². The molecule has 0 unspecified atom stereocenters. The summed E-state index contributed by atoms with van der Waals surface area (Å²) < 4.78 is 1.12. The fourth-order valence-electron chi connectivity index (χ4n) is 3.97. The average Bonchev–Trinajstić information content (AvgIpc) is 3.07. The van der Waals surface area contributed by atoms with Crippen molar-refractivity contribution >= 4 is 39.7 Å². The van der Waals surface area contributed by atoms with Gasteiger partial charge in [-0.3, -0.25) is 9.69 Å². The number of nitrogens with zero attached hydrogens (tertiary/aromatic N) is 2. The van der Waals surface area contributed by atoms with E-state index in [4.69, 9.17) is 0 Å². The summed E-state index contributed by atoms with van der Waals surface area (Å²) in [6.45, 7) is 5.33. The van der Waals surface area contributed by atoms with Crippen LogP contribution in [0.4, 0.5) is 0 Å². The number of carbonyl (C=O) groups is 1. The van der Waals surface area contributed by atoms with Crippen LogP contribution >= 0.6 is 23.7 Å². The molecule has 0 aliphatic carbocycles. The van der Waals surface area contributed by atoms with Gasteiger partial charge in [0, 0.05) is 18.5 Å². The smallest absolute Gasteiger partial charge is 0.162 e. The third-order valence-corrected chi connectivity index (χ3v) is 6.49. The summed E-state index contributed by atoms with van der Waals surface area (Å²) in [5.41, 5.74) is 3.23. The van der Waals surface area contributed by atoms with E-state index >= 15 is 0 Å². The number of hydrogen-bond acceptors (Lipinski definition) is 4. The fourth-order valence-corrected chi connectivity index (χ4v) is 4.83. The number of benzene rings is 2. The summed E-state index contributed by atoms with van der Waals surface area (Å²) in [6.07, 6.45) is 4.07. The molecule has 2 aromatic carbocycles. The van der Waals surface area contributed by atoms with Crippen LogP contribution in [0.25, 0.3) is 10.2 Å². The van der Waals surface area contributed by atoms with Crippen LogP contribution in [0.2, 0.25) is 0 Å². The Morgan fingerprint density at radius 2 is 1.89 bits per heavy atom. The topological polar surface area (TPSA) is 33.2 Å². The molecule has 1 aliphatic rings. The monoisotopic (exact) mass is 414 g/mol. The minimum atomic E-state index is 0. The molecule has 3 nitrogen and oxygen atoms in total. The molecule has 0 radical (unpaired) electrons. The molecule has 0 atom stereocenters. The lowest BCUT2D eigenvalue weighted by atomic mass is 9.90. The first-order valence-corrected chi connectivity index (χ1v) is 10.7. The highest BCUT2D eigenvalue weighted by molar-refractivity contribution is 7.18. The number of piperidine rings is 1. The molecule has 5 heteroatoms. The molecular formula is C23H27ClN2OS. The molecule has 1 saturated heterocycles. The third kappa shape index (κ3) is 5.19. The van der Waals surface area contributed by atoms with Crippen molar-refractivity contribution in [2.75, 3.05) is 13.1 Å². The van der Waals surface area contributed by atoms with E-state index < -0.39 is 0 Å². The zero-order valence-corrected chi connectivity index (χ0v) is 17.9. The van der Waals surface area contributed by atoms with E-state index in [-0.39, 0.29) is 18.2 Å². The number of aromatic nitrogens is 1. The first-order chi connectivity index (χ1) is 13.2. The molecule has 148 valence electrons. The number of Topliss-reactive ketones (excluding diaryl/α,β-unsaturated/α-hetero) is 1. The number of carbonyl (C=O) groups excluding carboxylic acids is 1. The second-order valence-corrected chi connectivity index (χ2v) is 8.82. The van der Waals surface area contributed by atoms with Crippen LogP contribution in [0.15, 0.2) is 48.5 Å². The minimum absolute atomic E-state index is 0. The molecule has 0 N–H and O–H groups in total. The van der Waals surface area contributed by atoms with E-state index in [0.717, 1.165) is 46.8 Å². The molecule has 28 heavy (non-hydrogen) atoms. The highest BCUT2D eigenvalue weighted by atomic mass is 35.5. The van der Waals surface area contributed by atoms with Crippen LogP contribution in [0.5, 0.6) is 0 Å². The zero-order chi connectivity index (χ0) is 18.6. The predicted octanol–water partition coefficient (Wildman–Crippen LogP) is 5.90. The SMILES string of the molecule is Cc1nc2ccc(C(=O)CCC3CCN(Cc4ccccc4)CC3)cc2s1.Cl. The summed E-state index contributed by atoms with van der Waals surface area (Å²) in [7, 11) is 0. The number of rotatable bonds is 6. The second-order valence-electron chi connectivity index (χ2n) is 7.58. The lowest BCUT2D eigenvalue weighted by molar-refractivity contribution is 0.0961. The normalized spacial score (nSPS) is 15.5. The van der Waals surface area contributed by atoms with Gasteiger partial charge in [-0.15, -0.1) is 23.7 Å². The highest BCUT2D eigenvalue weighted by Crippen LogP contribution is 2.26. The van der Waals surface area contributed by atoms with Crippen molar-refractivity contribution in [2.24, 2.45) is 5.92 Å². The number of likely N-dealkylation sites (tertiary alicyclic amines) is 1. The van der Waals surface area contributed by atoms with Gasteiger partial charge in [-0.2, -0.15) is 0 Å². The maximum absolute atomic E-state index is 12.6. The third-order valence-electron chi connectivity index (χ3n) is 5.55. The van der Waals surface area contributed by atoms with Gasteiger partial charge in [-0.1, -0.05) is 30.3 Å². The van der Waals surface area contributed by atoms with Gasteiger partial charge >= 0.3 is 0 Å². The number of halogens is 1. The Hall–Kier alpha value is -1.75. The second kappa shape index (κ2) is 9.64. The van der Waals surface area contributed by atoms with Crippen LogP contribution in [0.1, 0.15) is 46.6 Å². The molecular weight excluding hydrogens is 388 g/mol. The maximum atomic E-state index is 12.6. The summed E-state index contributed by atoms with van der Waals surface area (Å²) >= 11 is 1.66.